The molecule has 0 saturated carbocycles. The van der Waals surface area contributed by atoms with Crippen LogP contribution in [-0.2, 0) is 6.54 Å². The quantitative estimate of drug-likeness (QED) is 0.552. The molecule has 0 N–H and O–H groups in total. The molecule has 3 aromatic rings. The van der Waals surface area contributed by atoms with E-state index in [0.29, 0.717) is 15.8 Å². The summed E-state index contributed by atoms with van der Waals surface area (Å²) in [5.74, 6) is 1.31. The van der Waals surface area contributed by atoms with Crippen molar-refractivity contribution in [1.29, 1.82) is 0 Å². The van der Waals surface area contributed by atoms with Crippen molar-refractivity contribution in [2.75, 3.05) is 0 Å². The summed E-state index contributed by atoms with van der Waals surface area (Å²) in [6.45, 7) is 2.88. The van der Waals surface area contributed by atoms with Crippen molar-refractivity contribution in [3.05, 3.63) is 82.9 Å². The first kappa shape index (κ1) is 16.6. The molecule has 5 heteroatoms. The third-order valence-corrected chi connectivity index (χ3v) is 4.13. The van der Waals surface area contributed by atoms with Crippen LogP contribution in [0, 0.1) is 0 Å². The average Bonchev–Trinajstić information content (AvgIpc) is 3.09. The van der Waals surface area contributed by atoms with Crippen LogP contribution in [0.25, 0.3) is 5.57 Å². The summed E-state index contributed by atoms with van der Waals surface area (Å²) in [4.78, 5) is 4.03. The molecule has 2 aromatic carbocycles. The zero-order valence-electron chi connectivity index (χ0n) is 13.1. The molecule has 0 aliphatic carbocycles. The van der Waals surface area contributed by atoms with Gasteiger partial charge in [0.2, 0.25) is 0 Å². The number of aromatic nitrogens is 2. The van der Waals surface area contributed by atoms with Crippen molar-refractivity contribution in [3.63, 3.8) is 0 Å². The fourth-order valence-corrected chi connectivity index (χ4v) is 2.67. The number of ether oxygens (including phenoxy) is 1. The first-order valence-electron chi connectivity index (χ1n) is 7.47. The molecule has 0 fully saturated rings. The van der Waals surface area contributed by atoms with Gasteiger partial charge in [0.05, 0.1) is 11.3 Å². The summed E-state index contributed by atoms with van der Waals surface area (Å²) < 4.78 is 7.81. The van der Waals surface area contributed by atoms with Crippen LogP contribution in [0.2, 0.25) is 10.0 Å². The van der Waals surface area contributed by atoms with Crippen LogP contribution in [0.1, 0.15) is 12.5 Å². The fourth-order valence-electron chi connectivity index (χ4n) is 2.23. The summed E-state index contributed by atoms with van der Waals surface area (Å²) in [6, 6.07) is 13.1. The topological polar surface area (TPSA) is 27.1 Å². The van der Waals surface area contributed by atoms with E-state index in [9.17, 15) is 0 Å². The molecule has 1 heterocycles. The summed E-state index contributed by atoms with van der Waals surface area (Å²) in [5, 5.41) is 1.07. The number of rotatable bonds is 5. The van der Waals surface area contributed by atoms with E-state index >= 15 is 0 Å². The van der Waals surface area contributed by atoms with Crippen LogP contribution in [0.3, 0.4) is 0 Å². The minimum Gasteiger partial charge on any atom is -0.456 e. The van der Waals surface area contributed by atoms with Gasteiger partial charge in [0.15, 0.2) is 0 Å². The Kier molecular flexibility index (Phi) is 5.24. The second kappa shape index (κ2) is 7.56. The average molecular weight is 359 g/mol. The lowest BCUT2D eigenvalue weighted by atomic mass is 10.1. The normalized spacial score (nSPS) is 11.5. The van der Waals surface area contributed by atoms with Crippen LogP contribution in [0.4, 0.5) is 0 Å². The molecule has 0 saturated heterocycles. The smallest absolute Gasteiger partial charge is 0.146 e. The maximum absolute atomic E-state index is 6.13. The molecule has 0 aliphatic heterocycles. The van der Waals surface area contributed by atoms with Crippen molar-refractivity contribution in [2.24, 2.45) is 0 Å². The molecule has 24 heavy (non-hydrogen) atoms. The Morgan fingerprint density at radius 3 is 2.62 bits per heavy atom. The van der Waals surface area contributed by atoms with E-state index < -0.39 is 0 Å². The number of hydrogen-bond acceptors (Lipinski definition) is 2. The maximum Gasteiger partial charge on any atom is 0.146 e. The minimum atomic E-state index is 0.489. The highest BCUT2D eigenvalue weighted by molar-refractivity contribution is 6.35. The van der Waals surface area contributed by atoms with Gasteiger partial charge in [-0.2, -0.15) is 0 Å². The fraction of sp³-hybridized carbons (Fsp3) is 0.105. The van der Waals surface area contributed by atoms with Crippen molar-refractivity contribution >= 4 is 28.8 Å². The first-order chi connectivity index (χ1) is 11.6. The lowest BCUT2D eigenvalue weighted by Crippen LogP contribution is -1.91. The third-order valence-electron chi connectivity index (χ3n) is 3.60. The summed E-state index contributed by atoms with van der Waals surface area (Å²) in [7, 11) is 0. The van der Waals surface area contributed by atoms with Crippen molar-refractivity contribution in [1.82, 2.24) is 9.55 Å². The number of halogens is 2. The Labute approximate surface area is 151 Å². The van der Waals surface area contributed by atoms with Crippen molar-refractivity contribution in [3.8, 4) is 11.5 Å². The summed E-state index contributed by atoms with van der Waals surface area (Å²) in [6.07, 6.45) is 7.68. The molecule has 0 amide bonds. The predicted octanol–water partition coefficient (Wildman–Crippen LogP) is 6.09. The number of imidazole rings is 1. The van der Waals surface area contributed by atoms with Gasteiger partial charge in [-0.3, -0.25) is 0 Å². The highest BCUT2D eigenvalue weighted by Crippen LogP contribution is 2.32. The highest BCUT2D eigenvalue weighted by Gasteiger charge is 2.04. The minimum absolute atomic E-state index is 0.489. The van der Waals surface area contributed by atoms with Gasteiger partial charge in [-0.1, -0.05) is 41.4 Å². The van der Waals surface area contributed by atoms with Crippen LogP contribution in [-0.4, -0.2) is 9.55 Å². The number of hydrogen-bond donors (Lipinski definition) is 0. The molecule has 122 valence electrons. The molecule has 0 radical (unpaired) electrons. The predicted molar refractivity (Wildman–Crippen MR) is 98.9 cm³/mol. The number of nitrogens with zero attached hydrogens (tertiary/aromatic N) is 2. The Morgan fingerprint density at radius 1 is 1.17 bits per heavy atom. The second-order valence-electron chi connectivity index (χ2n) is 5.35. The molecule has 0 aliphatic rings. The van der Waals surface area contributed by atoms with Gasteiger partial charge in [-0.05, 0) is 48.4 Å². The van der Waals surface area contributed by atoms with Gasteiger partial charge in [-0.25, -0.2) is 4.98 Å². The maximum atomic E-state index is 6.13. The van der Waals surface area contributed by atoms with E-state index in [2.05, 4.69) is 18.0 Å². The van der Waals surface area contributed by atoms with Gasteiger partial charge in [0.1, 0.15) is 11.5 Å². The van der Waals surface area contributed by atoms with Gasteiger partial charge >= 0.3 is 0 Å². The van der Waals surface area contributed by atoms with Gasteiger partial charge in [0, 0.05) is 24.0 Å². The van der Waals surface area contributed by atoms with Crippen molar-refractivity contribution in [2.45, 2.75) is 13.5 Å². The molecule has 0 spiro atoms. The Bertz CT molecular complexity index is 840. The van der Waals surface area contributed by atoms with E-state index in [1.807, 2.05) is 35.0 Å². The Morgan fingerprint density at radius 2 is 1.96 bits per heavy atom. The first-order valence-corrected chi connectivity index (χ1v) is 8.23. The zero-order valence-corrected chi connectivity index (χ0v) is 14.6. The lowest BCUT2D eigenvalue weighted by molar-refractivity contribution is 0.483. The van der Waals surface area contributed by atoms with Gasteiger partial charge in [-0.15, -0.1) is 0 Å². The van der Waals surface area contributed by atoms with E-state index in [0.717, 1.165) is 17.9 Å². The Balaban J connectivity index is 1.69. The van der Waals surface area contributed by atoms with Crippen LogP contribution in [0.15, 0.2) is 67.3 Å². The van der Waals surface area contributed by atoms with Crippen LogP contribution in [0.5, 0.6) is 11.5 Å². The molecule has 0 unspecified atom stereocenters. The van der Waals surface area contributed by atoms with Gasteiger partial charge in [0.25, 0.3) is 0 Å². The molecular weight excluding hydrogens is 343 g/mol. The summed E-state index contributed by atoms with van der Waals surface area (Å²) in [5.41, 5.74) is 2.34. The van der Waals surface area contributed by atoms with E-state index in [-0.39, 0.29) is 0 Å². The Hall–Kier alpha value is -2.23. The van der Waals surface area contributed by atoms with Crippen LogP contribution >= 0.6 is 23.2 Å². The number of allylic oxidation sites excluding steroid dienone is 2. The second-order valence-corrected chi connectivity index (χ2v) is 6.19. The molecule has 0 atom stereocenters. The molecule has 1 aromatic heterocycles. The van der Waals surface area contributed by atoms with E-state index in [1.165, 1.54) is 5.57 Å². The van der Waals surface area contributed by atoms with E-state index in [1.54, 1.807) is 30.7 Å². The molecule has 3 nitrogen and oxygen atoms in total. The monoisotopic (exact) mass is 358 g/mol. The lowest BCUT2D eigenvalue weighted by Gasteiger charge is -2.09. The molecule has 3 rings (SSSR count). The molecule has 0 bridgehead atoms. The zero-order chi connectivity index (χ0) is 16.9. The summed E-state index contributed by atoms with van der Waals surface area (Å²) >= 11 is 12.0. The standard InChI is InChI=1S/C19H16Cl2N2O/c1-14(8-10-23-11-9-22-13-23)15-2-5-17(6-3-15)24-19-7-4-16(20)12-18(19)21/h2-9,11-13H,10H2,1H3. The van der Waals surface area contributed by atoms with Gasteiger partial charge < -0.3 is 9.30 Å². The highest BCUT2D eigenvalue weighted by atomic mass is 35.5. The van der Waals surface area contributed by atoms with Crippen molar-refractivity contribution < 1.29 is 4.74 Å². The SMILES string of the molecule is CC(=CCn1ccnc1)c1ccc(Oc2ccc(Cl)cc2Cl)cc1. The van der Waals surface area contributed by atoms with Crippen LogP contribution < -0.4 is 4.74 Å². The third kappa shape index (κ3) is 4.19. The number of benzene rings is 2. The largest absolute Gasteiger partial charge is 0.456 e. The van der Waals surface area contributed by atoms with E-state index in [4.69, 9.17) is 27.9 Å². The molecular formula is C19H16Cl2N2O.